The van der Waals surface area contributed by atoms with Crippen molar-refractivity contribution in [3.8, 4) is 11.5 Å². The average Bonchev–Trinajstić information content (AvgIpc) is 2.66. The molecule has 0 fully saturated rings. The van der Waals surface area contributed by atoms with Gasteiger partial charge in [-0.3, -0.25) is 9.98 Å². The Labute approximate surface area is 229 Å². The number of phenols is 2. The zero-order valence-corrected chi connectivity index (χ0v) is 25.3. The van der Waals surface area contributed by atoms with E-state index in [1.807, 2.05) is 39.0 Å². The smallest absolute Gasteiger partial charge is 0.128 e. The predicted octanol–water partition coefficient (Wildman–Crippen LogP) is 7.61. The van der Waals surface area contributed by atoms with E-state index in [1.165, 1.54) is 5.56 Å². The number of rotatable bonds is 5. The number of hydrogen-bond donors (Lipinski definition) is 2. The summed E-state index contributed by atoms with van der Waals surface area (Å²) < 4.78 is 0. The number of aliphatic imine (C=N–C) groups is 2. The third kappa shape index (κ3) is 8.21. The fraction of sp³-hybridized carbons (Fsp3) is 0.548. The van der Waals surface area contributed by atoms with Crippen molar-refractivity contribution in [1.82, 2.24) is 0 Å². The summed E-state index contributed by atoms with van der Waals surface area (Å²) in [5.41, 5.74) is 4.69. The maximum Gasteiger partial charge on any atom is 0.128 e. The Balaban J connectivity index is 0.00000648. The van der Waals surface area contributed by atoms with E-state index in [0.717, 1.165) is 27.8 Å². The molecule has 0 unspecified atom stereocenters. The molecule has 0 saturated carbocycles. The molecular weight excluding hydrogens is 491 g/mol. The molecule has 0 heterocycles. The first kappa shape index (κ1) is 31.9. The quantitative estimate of drug-likeness (QED) is 0.386. The molecule has 0 amide bonds. The van der Waals surface area contributed by atoms with Crippen LogP contribution in [0.25, 0.3) is 0 Å². The van der Waals surface area contributed by atoms with Crippen LogP contribution < -0.4 is 0 Å². The van der Waals surface area contributed by atoms with Crippen LogP contribution in [-0.4, -0.2) is 34.7 Å². The molecule has 2 N–H and O–H groups in total. The molecule has 2 rings (SSSR count). The maximum atomic E-state index is 11.0. The second-order valence-electron chi connectivity index (χ2n) is 13.5. The van der Waals surface area contributed by atoms with E-state index in [-0.39, 0.29) is 44.5 Å². The largest absolute Gasteiger partial charge is 0.507 e. The van der Waals surface area contributed by atoms with Gasteiger partial charge in [-0.05, 0) is 60.3 Å². The number of hydrogen-bond acceptors (Lipinski definition) is 4. The SMILES string of the molecule is Cc1cc(C=NCC(C)(C)N=Cc2cc(C(C)(C)C)cc(C(C)(C)C)c2O)c(O)c(C(C)(C)C)c1.[Co]. The molecule has 36 heavy (non-hydrogen) atoms. The summed E-state index contributed by atoms with van der Waals surface area (Å²) in [6, 6.07) is 8.13. The number of benzene rings is 2. The van der Waals surface area contributed by atoms with E-state index in [1.54, 1.807) is 12.4 Å². The summed E-state index contributed by atoms with van der Waals surface area (Å²) >= 11 is 0. The van der Waals surface area contributed by atoms with Gasteiger partial charge in [-0.2, -0.15) is 0 Å². The molecule has 0 aliphatic carbocycles. The first-order valence-electron chi connectivity index (χ1n) is 12.5. The summed E-state index contributed by atoms with van der Waals surface area (Å²) in [5.74, 6) is 0.569. The molecule has 1 radical (unpaired) electrons. The van der Waals surface area contributed by atoms with Crippen LogP contribution in [0.3, 0.4) is 0 Å². The Morgan fingerprint density at radius 3 is 1.61 bits per heavy atom. The van der Waals surface area contributed by atoms with E-state index in [2.05, 4.69) is 73.4 Å². The molecule has 4 nitrogen and oxygen atoms in total. The normalized spacial score (nSPS) is 13.4. The van der Waals surface area contributed by atoms with Crippen LogP contribution in [-0.2, 0) is 33.0 Å². The Bertz CT molecular complexity index is 1130. The number of phenolic OH excluding ortho intramolecular Hbond substituents is 2. The zero-order chi connectivity index (χ0) is 27.0. The Morgan fingerprint density at radius 1 is 0.667 bits per heavy atom. The molecule has 0 saturated heterocycles. The average molecular weight is 538 g/mol. The van der Waals surface area contributed by atoms with Crippen molar-refractivity contribution in [1.29, 1.82) is 0 Å². The molecule has 2 aromatic rings. The van der Waals surface area contributed by atoms with Crippen molar-refractivity contribution in [2.75, 3.05) is 6.54 Å². The van der Waals surface area contributed by atoms with Crippen molar-refractivity contribution in [2.24, 2.45) is 9.98 Å². The number of aryl methyl sites for hydroxylation is 1. The number of nitrogens with zero attached hydrogens (tertiary/aromatic N) is 2. The molecule has 0 spiro atoms. The van der Waals surface area contributed by atoms with Crippen LogP contribution >= 0.6 is 0 Å². The van der Waals surface area contributed by atoms with Crippen molar-refractivity contribution >= 4 is 12.4 Å². The van der Waals surface area contributed by atoms with E-state index in [9.17, 15) is 10.2 Å². The Kier molecular flexibility index (Phi) is 9.84. The number of aromatic hydroxyl groups is 2. The monoisotopic (exact) mass is 537 g/mol. The van der Waals surface area contributed by atoms with Gasteiger partial charge in [0.2, 0.25) is 0 Å². The first-order chi connectivity index (χ1) is 15.7. The summed E-state index contributed by atoms with van der Waals surface area (Å²) in [7, 11) is 0. The molecular formula is C31H46CoN2O2. The summed E-state index contributed by atoms with van der Waals surface area (Å²) in [6.07, 6.45) is 3.52. The van der Waals surface area contributed by atoms with E-state index >= 15 is 0 Å². The van der Waals surface area contributed by atoms with Crippen LogP contribution in [0, 0.1) is 6.92 Å². The van der Waals surface area contributed by atoms with E-state index < -0.39 is 5.54 Å². The van der Waals surface area contributed by atoms with Gasteiger partial charge in [0, 0.05) is 51.5 Å². The zero-order valence-electron chi connectivity index (χ0n) is 24.3. The third-order valence-corrected chi connectivity index (χ3v) is 6.17. The topological polar surface area (TPSA) is 65.2 Å². The van der Waals surface area contributed by atoms with Crippen LogP contribution in [0.4, 0.5) is 0 Å². The second-order valence-corrected chi connectivity index (χ2v) is 13.5. The van der Waals surface area contributed by atoms with Crippen LogP contribution in [0.2, 0.25) is 0 Å². The maximum absolute atomic E-state index is 11.0. The van der Waals surface area contributed by atoms with Crippen molar-refractivity contribution in [3.63, 3.8) is 0 Å². The van der Waals surface area contributed by atoms with Gasteiger partial charge in [-0.25, -0.2) is 0 Å². The van der Waals surface area contributed by atoms with Crippen LogP contribution in [0.1, 0.15) is 110 Å². The molecule has 0 aromatic heterocycles. The minimum Gasteiger partial charge on any atom is -0.507 e. The second kappa shape index (κ2) is 11.1. The van der Waals surface area contributed by atoms with Crippen LogP contribution in [0.5, 0.6) is 11.5 Å². The first-order valence-corrected chi connectivity index (χ1v) is 12.5. The Hall–Kier alpha value is -2.11. The minimum absolute atomic E-state index is 0. The summed E-state index contributed by atoms with van der Waals surface area (Å²) in [5, 5.41) is 21.8. The summed E-state index contributed by atoms with van der Waals surface area (Å²) in [4.78, 5) is 9.43. The van der Waals surface area contributed by atoms with Gasteiger partial charge < -0.3 is 10.2 Å². The molecule has 0 atom stereocenters. The van der Waals surface area contributed by atoms with Gasteiger partial charge in [0.1, 0.15) is 11.5 Å². The van der Waals surface area contributed by atoms with Gasteiger partial charge >= 0.3 is 0 Å². The standard InChI is InChI=1S/C31H46N2O2.Co/c1-20-13-21(26(34)24(14-20)29(5,6)7)17-32-19-31(11,12)33-18-22-15-23(28(2,3)4)16-25(27(22)35)30(8,9)10;/h13-18,34-35H,19H2,1-12H3;. The van der Waals surface area contributed by atoms with E-state index in [4.69, 9.17) is 4.99 Å². The molecule has 0 aliphatic rings. The van der Waals surface area contributed by atoms with E-state index in [0.29, 0.717) is 6.54 Å². The van der Waals surface area contributed by atoms with Gasteiger partial charge in [0.05, 0.1) is 12.1 Å². The molecule has 201 valence electrons. The van der Waals surface area contributed by atoms with Crippen molar-refractivity contribution < 1.29 is 27.0 Å². The van der Waals surface area contributed by atoms with Gasteiger partial charge in [-0.15, -0.1) is 0 Å². The molecule has 0 aliphatic heterocycles. The predicted molar refractivity (Wildman–Crippen MR) is 151 cm³/mol. The Morgan fingerprint density at radius 2 is 1.14 bits per heavy atom. The fourth-order valence-corrected chi connectivity index (χ4v) is 3.89. The van der Waals surface area contributed by atoms with Gasteiger partial charge in [0.25, 0.3) is 0 Å². The van der Waals surface area contributed by atoms with Crippen LogP contribution in [0.15, 0.2) is 34.3 Å². The van der Waals surface area contributed by atoms with Gasteiger partial charge in [0.15, 0.2) is 0 Å². The summed E-state index contributed by atoms with van der Waals surface area (Å²) in [6.45, 7) is 25.7. The molecule has 2 aromatic carbocycles. The third-order valence-electron chi connectivity index (χ3n) is 6.17. The van der Waals surface area contributed by atoms with Crippen molar-refractivity contribution in [2.45, 2.75) is 105 Å². The minimum atomic E-state index is -0.477. The molecule has 0 bridgehead atoms. The molecule has 5 heteroatoms. The fourth-order valence-electron chi connectivity index (χ4n) is 3.89. The van der Waals surface area contributed by atoms with Gasteiger partial charge in [-0.1, -0.05) is 74.4 Å². The van der Waals surface area contributed by atoms with Crippen molar-refractivity contribution in [3.05, 3.63) is 57.6 Å².